The smallest absolute Gasteiger partial charge is 0.262 e. The summed E-state index contributed by atoms with van der Waals surface area (Å²) in [5.74, 6) is 0.0213. The summed E-state index contributed by atoms with van der Waals surface area (Å²) in [5.41, 5.74) is 0.428. The lowest BCUT2D eigenvalue weighted by atomic mass is 9.94. The molecule has 1 aliphatic rings. The lowest BCUT2D eigenvalue weighted by Gasteiger charge is -2.18. The molecule has 136 valence electrons. The molecular weight excluding hydrogens is 339 g/mol. The topological polar surface area (TPSA) is 76.7 Å². The van der Waals surface area contributed by atoms with E-state index in [1.54, 1.807) is 32.0 Å². The van der Waals surface area contributed by atoms with Crippen LogP contribution >= 0.6 is 0 Å². The minimum Gasteiger partial charge on any atom is -0.490 e. The largest absolute Gasteiger partial charge is 0.490 e. The highest BCUT2D eigenvalue weighted by Gasteiger charge is 2.32. The molecule has 0 saturated carbocycles. The standard InChI is InChI=1S/C19H19FN2O4/c1-19(2)11-26-16-9-13(5-8-15(16)22-18(19)24)21-17(23)10-25-14-6-3-12(20)4-7-14/h3-9H,10-11H2,1-2H3,(H,21,23)(H,22,24). The molecule has 0 bridgehead atoms. The van der Waals surface area contributed by atoms with Crippen LogP contribution in [0.4, 0.5) is 15.8 Å². The highest BCUT2D eigenvalue weighted by molar-refractivity contribution is 5.98. The van der Waals surface area contributed by atoms with E-state index < -0.39 is 5.41 Å². The zero-order valence-corrected chi connectivity index (χ0v) is 14.5. The Balaban J connectivity index is 1.62. The number of hydrogen-bond donors (Lipinski definition) is 2. The van der Waals surface area contributed by atoms with Gasteiger partial charge in [0.2, 0.25) is 5.91 Å². The lowest BCUT2D eigenvalue weighted by Crippen LogP contribution is -2.33. The van der Waals surface area contributed by atoms with Gasteiger partial charge in [-0.1, -0.05) is 0 Å². The third-order valence-electron chi connectivity index (χ3n) is 3.90. The van der Waals surface area contributed by atoms with Gasteiger partial charge in [-0.2, -0.15) is 0 Å². The monoisotopic (exact) mass is 358 g/mol. The van der Waals surface area contributed by atoms with Gasteiger partial charge in [0.05, 0.1) is 11.1 Å². The van der Waals surface area contributed by atoms with Crippen molar-refractivity contribution in [1.82, 2.24) is 0 Å². The number of fused-ring (bicyclic) bond motifs is 1. The van der Waals surface area contributed by atoms with E-state index in [1.165, 1.54) is 24.3 Å². The van der Waals surface area contributed by atoms with Crippen LogP contribution in [0.5, 0.6) is 11.5 Å². The molecule has 6 nitrogen and oxygen atoms in total. The van der Waals surface area contributed by atoms with Crippen molar-refractivity contribution in [3.05, 3.63) is 48.3 Å². The maximum absolute atomic E-state index is 12.8. The van der Waals surface area contributed by atoms with Gasteiger partial charge in [0.25, 0.3) is 5.91 Å². The molecule has 0 aliphatic carbocycles. The molecule has 1 aliphatic heterocycles. The van der Waals surface area contributed by atoms with E-state index in [0.29, 0.717) is 22.9 Å². The first kappa shape index (κ1) is 17.7. The number of amides is 2. The van der Waals surface area contributed by atoms with Gasteiger partial charge in [0.1, 0.15) is 23.9 Å². The van der Waals surface area contributed by atoms with Crippen LogP contribution in [0.1, 0.15) is 13.8 Å². The Morgan fingerprint density at radius 1 is 1.27 bits per heavy atom. The van der Waals surface area contributed by atoms with E-state index in [0.717, 1.165) is 0 Å². The quantitative estimate of drug-likeness (QED) is 0.880. The van der Waals surface area contributed by atoms with Gasteiger partial charge in [0.15, 0.2) is 6.61 Å². The van der Waals surface area contributed by atoms with Crippen LogP contribution in [-0.2, 0) is 9.59 Å². The number of carbonyl (C=O) groups excluding carboxylic acids is 2. The summed E-state index contributed by atoms with van der Waals surface area (Å²) >= 11 is 0. The van der Waals surface area contributed by atoms with E-state index >= 15 is 0 Å². The number of nitrogens with one attached hydrogen (secondary N) is 2. The van der Waals surface area contributed by atoms with Crippen molar-refractivity contribution < 1.29 is 23.5 Å². The number of carbonyl (C=O) groups is 2. The van der Waals surface area contributed by atoms with Gasteiger partial charge in [-0.3, -0.25) is 9.59 Å². The second-order valence-electron chi connectivity index (χ2n) is 6.63. The summed E-state index contributed by atoms with van der Waals surface area (Å²) < 4.78 is 23.8. The van der Waals surface area contributed by atoms with E-state index in [9.17, 15) is 14.0 Å². The Bertz CT molecular complexity index is 834. The molecule has 0 saturated heterocycles. The maximum atomic E-state index is 12.8. The molecule has 26 heavy (non-hydrogen) atoms. The van der Waals surface area contributed by atoms with Crippen LogP contribution in [0.25, 0.3) is 0 Å². The van der Waals surface area contributed by atoms with E-state index in [-0.39, 0.29) is 30.8 Å². The van der Waals surface area contributed by atoms with Crippen molar-refractivity contribution in [2.24, 2.45) is 5.41 Å². The predicted molar refractivity (Wildman–Crippen MR) is 94.9 cm³/mol. The number of benzene rings is 2. The zero-order chi connectivity index (χ0) is 18.7. The van der Waals surface area contributed by atoms with Crippen LogP contribution < -0.4 is 20.1 Å². The fourth-order valence-corrected chi connectivity index (χ4v) is 2.31. The number of rotatable bonds is 4. The normalized spacial score (nSPS) is 15.1. The van der Waals surface area contributed by atoms with Crippen LogP contribution in [-0.4, -0.2) is 25.0 Å². The number of anilines is 2. The Kier molecular flexibility index (Phi) is 4.79. The molecule has 7 heteroatoms. The molecule has 2 amide bonds. The third kappa shape index (κ3) is 4.11. The first-order chi connectivity index (χ1) is 12.3. The van der Waals surface area contributed by atoms with Gasteiger partial charge < -0.3 is 20.1 Å². The second-order valence-corrected chi connectivity index (χ2v) is 6.63. The van der Waals surface area contributed by atoms with Crippen molar-refractivity contribution in [2.45, 2.75) is 13.8 Å². The van der Waals surface area contributed by atoms with Gasteiger partial charge in [0, 0.05) is 11.8 Å². The molecule has 0 unspecified atom stereocenters. The van der Waals surface area contributed by atoms with Gasteiger partial charge in [-0.05, 0) is 50.2 Å². The number of hydrogen-bond acceptors (Lipinski definition) is 4. The first-order valence-corrected chi connectivity index (χ1v) is 8.10. The molecule has 1 heterocycles. The van der Waals surface area contributed by atoms with Crippen molar-refractivity contribution in [3.8, 4) is 11.5 Å². The minimum absolute atomic E-state index is 0.124. The van der Waals surface area contributed by atoms with Gasteiger partial charge in [-0.15, -0.1) is 0 Å². The summed E-state index contributed by atoms with van der Waals surface area (Å²) in [4.78, 5) is 24.1. The molecule has 2 N–H and O–H groups in total. The molecule has 0 atom stereocenters. The molecule has 2 aromatic rings. The molecule has 0 spiro atoms. The molecule has 0 aromatic heterocycles. The fraction of sp³-hybridized carbons (Fsp3) is 0.263. The van der Waals surface area contributed by atoms with Crippen molar-refractivity contribution in [2.75, 3.05) is 23.8 Å². The average molecular weight is 358 g/mol. The predicted octanol–water partition coefficient (Wildman–Crippen LogP) is 3.20. The number of ether oxygens (including phenoxy) is 2. The van der Waals surface area contributed by atoms with Crippen LogP contribution in [0.3, 0.4) is 0 Å². The molecule has 0 fully saturated rings. The van der Waals surface area contributed by atoms with Gasteiger partial charge in [-0.25, -0.2) is 4.39 Å². The maximum Gasteiger partial charge on any atom is 0.262 e. The Morgan fingerprint density at radius 2 is 2.00 bits per heavy atom. The Labute approximate surface area is 150 Å². The third-order valence-corrected chi connectivity index (χ3v) is 3.90. The second kappa shape index (κ2) is 7.03. The summed E-state index contributed by atoms with van der Waals surface area (Å²) in [7, 11) is 0. The van der Waals surface area contributed by atoms with E-state index in [1.807, 2.05) is 0 Å². The van der Waals surface area contributed by atoms with E-state index in [4.69, 9.17) is 9.47 Å². The summed E-state index contributed by atoms with van der Waals surface area (Å²) in [6, 6.07) is 10.4. The molecule has 3 rings (SSSR count). The highest BCUT2D eigenvalue weighted by atomic mass is 19.1. The summed E-state index contributed by atoms with van der Waals surface area (Å²) in [5, 5.41) is 5.51. The van der Waals surface area contributed by atoms with Crippen molar-refractivity contribution >= 4 is 23.2 Å². The minimum atomic E-state index is -0.647. The van der Waals surface area contributed by atoms with E-state index in [2.05, 4.69) is 10.6 Å². The SMILES string of the molecule is CC1(C)COc2cc(NC(=O)COc3ccc(F)cc3)ccc2NC1=O. The Hall–Kier alpha value is -3.09. The highest BCUT2D eigenvalue weighted by Crippen LogP contribution is 2.34. The molecule has 0 radical (unpaired) electrons. The summed E-state index contributed by atoms with van der Waals surface area (Å²) in [6.45, 7) is 3.61. The van der Waals surface area contributed by atoms with Gasteiger partial charge >= 0.3 is 0 Å². The molecular formula is C19H19FN2O4. The fourth-order valence-electron chi connectivity index (χ4n) is 2.31. The zero-order valence-electron chi connectivity index (χ0n) is 14.5. The average Bonchev–Trinajstić information content (AvgIpc) is 2.71. The Morgan fingerprint density at radius 3 is 2.73 bits per heavy atom. The first-order valence-electron chi connectivity index (χ1n) is 8.10. The summed E-state index contributed by atoms with van der Waals surface area (Å²) in [6.07, 6.45) is 0. The lowest BCUT2D eigenvalue weighted by molar-refractivity contribution is -0.125. The number of halogens is 1. The van der Waals surface area contributed by atoms with Crippen LogP contribution in [0, 0.1) is 11.2 Å². The van der Waals surface area contributed by atoms with Crippen molar-refractivity contribution in [1.29, 1.82) is 0 Å². The van der Waals surface area contributed by atoms with Crippen molar-refractivity contribution in [3.63, 3.8) is 0 Å². The van der Waals surface area contributed by atoms with Crippen LogP contribution in [0.2, 0.25) is 0 Å². The van der Waals surface area contributed by atoms with Crippen LogP contribution in [0.15, 0.2) is 42.5 Å². The molecule has 2 aromatic carbocycles.